The smallest absolute Gasteiger partial charge is 0.244 e. The first-order valence-electron chi connectivity index (χ1n) is 10.3. The monoisotopic (exact) mass is 450 g/mol. The maximum atomic E-state index is 13.9. The third-order valence-corrected chi connectivity index (χ3v) is 8.61. The first-order chi connectivity index (χ1) is 14.9. The van der Waals surface area contributed by atoms with Gasteiger partial charge in [0, 0.05) is 28.2 Å². The molecule has 0 fully saturated rings. The molecule has 5 rings (SSSR count). The van der Waals surface area contributed by atoms with Crippen molar-refractivity contribution in [2.45, 2.75) is 31.2 Å². The molecule has 0 saturated heterocycles. The summed E-state index contributed by atoms with van der Waals surface area (Å²) in [6, 6.07) is 20.9. The molecule has 158 valence electrons. The van der Waals surface area contributed by atoms with Crippen LogP contribution in [0.3, 0.4) is 0 Å². The van der Waals surface area contributed by atoms with Gasteiger partial charge in [-0.2, -0.15) is 4.31 Å². The molecule has 0 aliphatic carbocycles. The van der Waals surface area contributed by atoms with Crippen LogP contribution >= 0.6 is 11.6 Å². The van der Waals surface area contributed by atoms with Gasteiger partial charge in [0.05, 0.1) is 10.9 Å². The van der Waals surface area contributed by atoms with Crippen LogP contribution in [0.15, 0.2) is 71.6 Å². The maximum Gasteiger partial charge on any atom is 0.244 e. The fraction of sp³-hybridized carbons (Fsp3) is 0.200. The lowest BCUT2D eigenvalue weighted by Crippen LogP contribution is -2.40. The molecule has 0 radical (unpaired) electrons. The number of sulfonamides is 1. The summed E-state index contributed by atoms with van der Waals surface area (Å²) in [6.07, 6.45) is 0.653. The SMILES string of the molecule is Cc1ccc(C2c3[nH]c4ccccc4c3CCN2S(=O)(=O)c2cccc(Cl)c2C)cc1. The third-order valence-electron chi connectivity index (χ3n) is 6.19. The Kier molecular flexibility index (Phi) is 4.93. The second-order valence-corrected chi connectivity index (χ2v) is 10.4. The van der Waals surface area contributed by atoms with Gasteiger partial charge in [-0.15, -0.1) is 0 Å². The van der Waals surface area contributed by atoms with E-state index >= 15 is 0 Å². The fourth-order valence-corrected chi connectivity index (χ4v) is 6.62. The Balaban J connectivity index is 1.73. The number of halogens is 1. The van der Waals surface area contributed by atoms with Crippen molar-refractivity contribution in [3.05, 3.63) is 99.7 Å². The molecule has 6 heteroatoms. The molecule has 1 aliphatic rings. The van der Waals surface area contributed by atoms with E-state index < -0.39 is 16.1 Å². The van der Waals surface area contributed by atoms with E-state index in [4.69, 9.17) is 11.6 Å². The van der Waals surface area contributed by atoms with Crippen LogP contribution in [-0.4, -0.2) is 24.3 Å². The number of aromatic amines is 1. The minimum absolute atomic E-state index is 0.261. The van der Waals surface area contributed by atoms with Gasteiger partial charge in [-0.05, 0) is 55.2 Å². The Morgan fingerprint density at radius 1 is 0.968 bits per heavy atom. The number of hydrogen-bond donors (Lipinski definition) is 1. The summed E-state index contributed by atoms with van der Waals surface area (Å²) in [4.78, 5) is 3.79. The van der Waals surface area contributed by atoms with E-state index in [2.05, 4.69) is 11.1 Å². The van der Waals surface area contributed by atoms with Crippen molar-refractivity contribution in [1.82, 2.24) is 9.29 Å². The molecular weight excluding hydrogens is 428 g/mol. The van der Waals surface area contributed by atoms with Crippen molar-refractivity contribution in [1.29, 1.82) is 0 Å². The van der Waals surface area contributed by atoms with E-state index in [9.17, 15) is 8.42 Å². The molecule has 1 atom stereocenters. The summed E-state index contributed by atoms with van der Waals surface area (Å²) in [5, 5.41) is 1.61. The first kappa shape index (κ1) is 20.3. The van der Waals surface area contributed by atoms with Crippen LogP contribution in [0.1, 0.15) is 34.0 Å². The molecule has 4 aromatic rings. The third kappa shape index (κ3) is 3.28. The van der Waals surface area contributed by atoms with Crippen molar-refractivity contribution in [2.24, 2.45) is 0 Å². The van der Waals surface area contributed by atoms with Gasteiger partial charge >= 0.3 is 0 Å². The van der Waals surface area contributed by atoms with E-state index in [0.29, 0.717) is 23.6 Å². The molecule has 1 aromatic heterocycles. The lowest BCUT2D eigenvalue weighted by Gasteiger charge is -2.35. The van der Waals surface area contributed by atoms with Gasteiger partial charge in [0.1, 0.15) is 0 Å². The van der Waals surface area contributed by atoms with E-state index in [1.165, 1.54) is 5.56 Å². The molecule has 31 heavy (non-hydrogen) atoms. The number of aromatic nitrogens is 1. The Hall–Kier alpha value is -2.60. The molecule has 0 saturated carbocycles. The number of fused-ring (bicyclic) bond motifs is 3. The van der Waals surface area contributed by atoms with Gasteiger partial charge in [-0.25, -0.2) is 8.42 Å². The van der Waals surface area contributed by atoms with Crippen molar-refractivity contribution in [3.63, 3.8) is 0 Å². The highest BCUT2D eigenvalue weighted by Crippen LogP contribution is 2.41. The summed E-state index contributed by atoms with van der Waals surface area (Å²) >= 11 is 6.27. The van der Waals surface area contributed by atoms with Crippen LogP contribution < -0.4 is 0 Å². The Labute approximate surface area is 187 Å². The van der Waals surface area contributed by atoms with Crippen molar-refractivity contribution >= 4 is 32.5 Å². The molecule has 0 spiro atoms. The zero-order valence-corrected chi connectivity index (χ0v) is 19.0. The van der Waals surface area contributed by atoms with E-state index in [1.807, 2.05) is 49.4 Å². The van der Waals surface area contributed by atoms with Gasteiger partial charge < -0.3 is 4.98 Å². The van der Waals surface area contributed by atoms with Crippen LogP contribution in [0.2, 0.25) is 5.02 Å². The van der Waals surface area contributed by atoms with E-state index in [1.54, 1.807) is 29.4 Å². The molecule has 3 aromatic carbocycles. The summed E-state index contributed by atoms with van der Waals surface area (Å²) in [5.41, 5.74) is 5.82. The number of hydrogen-bond acceptors (Lipinski definition) is 2. The van der Waals surface area contributed by atoms with Crippen LogP contribution in [0.4, 0.5) is 0 Å². The topological polar surface area (TPSA) is 53.2 Å². The molecule has 0 bridgehead atoms. The average Bonchev–Trinajstić information content (AvgIpc) is 3.14. The summed E-state index contributed by atoms with van der Waals surface area (Å²) < 4.78 is 29.4. The van der Waals surface area contributed by atoms with Crippen LogP contribution in [0.25, 0.3) is 10.9 Å². The standard InChI is InChI=1S/C25H23ClN2O2S/c1-16-10-12-18(13-11-16)25-24-20(19-6-3-4-8-22(19)27-24)14-15-28(25)31(29,30)23-9-5-7-21(26)17(23)2/h3-13,25,27H,14-15H2,1-2H3. The molecule has 2 heterocycles. The minimum atomic E-state index is -3.77. The summed E-state index contributed by atoms with van der Waals surface area (Å²) in [5.74, 6) is 0. The Morgan fingerprint density at radius 2 is 1.71 bits per heavy atom. The predicted octanol–water partition coefficient (Wildman–Crippen LogP) is 5.77. The van der Waals surface area contributed by atoms with Gasteiger partial charge in [-0.1, -0.05) is 65.7 Å². The molecule has 1 aliphatic heterocycles. The fourth-order valence-electron chi connectivity index (χ4n) is 4.55. The number of benzene rings is 3. The highest BCUT2D eigenvalue weighted by Gasteiger charge is 2.39. The molecule has 1 unspecified atom stereocenters. The van der Waals surface area contributed by atoms with Gasteiger partial charge in [0.25, 0.3) is 0 Å². The molecule has 1 N–H and O–H groups in total. The minimum Gasteiger partial charge on any atom is -0.357 e. The number of H-pyrrole nitrogens is 1. The number of aryl methyl sites for hydroxylation is 1. The van der Waals surface area contributed by atoms with Crippen LogP contribution in [-0.2, 0) is 16.4 Å². The zero-order chi connectivity index (χ0) is 21.8. The number of nitrogens with zero attached hydrogens (tertiary/aromatic N) is 1. The number of rotatable bonds is 3. The second kappa shape index (κ2) is 7.52. The largest absolute Gasteiger partial charge is 0.357 e. The normalized spacial score (nSPS) is 17.1. The number of nitrogens with one attached hydrogen (secondary N) is 1. The lowest BCUT2D eigenvalue weighted by molar-refractivity contribution is 0.340. The lowest BCUT2D eigenvalue weighted by atomic mass is 9.94. The molecular formula is C25H23ClN2O2S. The van der Waals surface area contributed by atoms with E-state index in [0.717, 1.165) is 27.7 Å². The van der Waals surface area contributed by atoms with Crippen LogP contribution in [0, 0.1) is 13.8 Å². The summed E-state index contributed by atoms with van der Waals surface area (Å²) in [6.45, 7) is 4.19. The highest BCUT2D eigenvalue weighted by molar-refractivity contribution is 7.89. The maximum absolute atomic E-state index is 13.9. The first-order valence-corrected chi connectivity index (χ1v) is 12.1. The molecule has 0 amide bonds. The molecule has 4 nitrogen and oxygen atoms in total. The van der Waals surface area contributed by atoms with Crippen molar-refractivity contribution < 1.29 is 8.42 Å². The van der Waals surface area contributed by atoms with Crippen molar-refractivity contribution in [3.8, 4) is 0 Å². The Morgan fingerprint density at radius 3 is 2.48 bits per heavy atom. The van der Waals surface area contributed by atoms with Gasteiger partial charge in [0.15, 0.2) is 0 Å². The highest BCUT2D eigenvalue weighted by atomic mass is 35.5. The number of para-hydroxylation sites is 1. The van der Waals surface area contributed by atoms with E-state index in [-0.39, 0.29) is 4.90 Å². The zero-order valence-electron chi connectivity index (χ0n) is 17.4. The average molecular weight is 451 g/mol. The quantitative estimate of drug-likeness (QED) is 0.430. The Bertz CT molecular complexity index is 1390. The van der Waals surface area contributed by atoms with Gasteiger partial charge in [-0.3, -0.25) is 0 Å². The van der Waals surface area contributed by atoms with Crippen molar-refractivity contribution in [2.75, 3.05) is 6.54 Å². The van der Waals surface area contributed by atoms with Crippen LogP contribution in [0.5, 0.6) is 0 Å². The summed E-state index contributed by atoms with van der Waals surface area (Å²) in [7, 11) is -3.77. The predicted molar refractivity (Wildman–Crippen MR) is 125 cm³/mol. The second-order valence-electron chi connectivity index (χ2n) is 8.10. The van der Waals surface area contributed by atoms with Gasteiger partial charge in [0.2, 0.25) is 10.0 Å².